The summed E-state index contributed by atoms with van der Waals surface area (Å²) in [5, 5.41) is 11.4. The van der Waals surface area contributed by atoms with E-state index in [0.29, 0.717) is 5.88 Å². The van der Waals surface area contributed by atoms with E-state index in [2.05, 4.69) is 39.6 Å². The molecule has 1 N–H and O–H groups in total. The third kappa shape index (κ3) is 3.51. The van der Waals surface area contributed by atoms with Crippen molar-refractivity contribution in [2.24, 2.45) is 0 Å². The van der Waals surface area contributed by atoms with Gasteiger partial charge in [-0.25, -0.2) is 0 Å². The van der Waals surface area contributed by atoms with Gasteiger partial charge in [0.05, 0.1) is 18.8 Å². The van der Waals surface area contributed by atoms with E-state index < -0.39 is 0 Å². The van der Waals surface area contributed by atoms with Crippen LogP contribution in [0.4, 0.5) is 0 Å². The largest absolute Gasteiger partial charge is 0.480 e. The van der Waals surface area contributed by atoms with Crippen molar-refractivity contribution in [3.8, 4) is 5.88 Å². The van der Waals surface area contributed by atoms with Crippen LogP contribution >= 0.6 is 0 Å². The molecule has 0 amide bonds. The van der Waals surface area contributed by atoms with Crippen molar-refractivity contribution in [3.63, 3.8) is 0 Å². The zero-order chi connectivity index (χ0) is 14.4. The maximum Gasteiger partial charge on any atom is 0.233 e. The van der Waals surface area contributed by atoms with Crippen molar-refractivity contribution < 1.29 is 4.74 Å². The SMILES string of the molecule is CCc1ccc(CC(NC)c2ccc(OC)nn2)nc1. The summed E-state index contributed by atoms with van der Waals surface area (Å²) in [6.07, 6.45) is 3.72. The summed E-state index contributed by atoms with van der Waals surface area (Å²) in [6.45, 7) is 2.13. The first-order chi connectivity index (χ1) is 9.76. The van der Waals surface area contributed by atoms with Crippen molar-refractivity contribution >= 4 is 0 Å². The van der Waals surface area contributed by atoms with Gasteiger partial charge in [-0.3, -0.25) is 4.98 Å². The second kappa shape index (κ2) is 6.96. The number of likely N-dealkylation sites (N-methyl/N-ethyl adjacent to an activating group) is 1. The molecule has 0 fully saturated rings. The fraction of sp³-hybridized carbons (Fsp3) is 0.400. The summed E-state index contributed by atoms with van der Waals surface area (Å²) < 4.78 is 5.02. The van der Waals surface area contributed by atoms with E-state index in [9.17, 15) is 0 Å². The van der Waals surface area contributed by atoms with Crippen molar-refractivity contribution in [3.05, 3.63) is 47.4 Å². The van der Waals surface area contributed by atoms with Crippen LogP contribution in [0.3, 0.4) is 0 Å². The summed E-state index contributed by atoms with van der Waals surface area (Å²) in [5.74, 6) is 0.522. The minimum absolute atomic E-state index is 0.0911. The second-order valence-corrected chi connectivity index (χ2v) is 4.56. The molecule has 20 heavy (non-hydrogen) atoms. The topological polar surface area (TPSA) is 59.9 Å². The van der Waals surface area contributed by atoms with Crippen molar-refractivity contribution in [1.29, 1.82) is 0 Å². The van der Waals surface area contributed by atoms with Gasteiger partial charge in [-0.15, -0.1) is 5.10 Å². The number of rotatable bonds is 6. The molecule has 1 atom stereocenters. The third-order valence-electron chi connectivity index (χ3n) is 3.28. The summed E-state index contributed by atoms with van der Waals surface area (Å²) in [5.41, 5.74) is 3.17. The van der Waals surface area contributed by atoms with Crippen LogP contribution in [0, 0.1) is 0 Å². The predicted molar refractivity (Wildman–Crippen MR) is 77.7 cm³/mol. The van der Waals surface area contributed by atoms with E-state index in [1.54, 1.807) is 7.11 Å². The highest BCUT2D eigenvalue weighted by Gasteiger charge is 2.13. The van der Waals surface area contributed by atoms with E-state index in [1.165, 1.54) is 5.56 Å². The van der Waals surface area contributed by atoms with Gasteiger partial charge in [0.1, 0.15) is 0 Å². The van der Waals surface area contributed by atoms with Gasteiger partial charge in [-0.05, 0) is 31.2 Å². The van der Waals surface area contributed by atoms with Gasteiger partial charge in [0.15, 0.2) is 0 Å². The Morgan fingerprint density at radius 2 is 2.05 bits per heavy atom. The zero-order valence-electron chi connectivity index (χ0n) is 12.1. The molecule has 2 rings (SSSR count). The van der Waals surface area contributed by atoms with Gasteiger partial charge in [0, 0.05) is 24.4 Å². The molecule has 0 aliphatic heterocycles. The Kier molecular flexibility index (Phi) is 5.01. The van der Waals surface area contributed by atoms with Crippen LogP contribution < -0.4 is 10.1 Å². The highest BCUT2D eigenvalue weighted by atomic mass is 16.5. The summed E-state index contributed by atoms with van der Waals surface area (Å²) in [7, 11) is 3.50. The Balaban J connectivity index is 2.10. The molecular formula is C15H20N4O. The molecule has 0 radical (unpaired) electrons. The molecule has 2 aromatic rings. The lowest BCUT2D eigenvalue weighted by molar-refractivity contribution is 0.389. The summed E-state index contributed by atoms with van der Waals surface area (Å²) in [4.78, 5) is 4.48. The first kappa shape index (κ1) is 14.4. The zero-order valence-corrected chi connectivity index (χ0v) is 12.1. The van der Waals surface area contributed by atoms with E-state index in [1.807, 2.05) is 25.4 Å². The molecule has 2 aromatic heterocycles. The monoisotopic (exact) mass is 272 g/mol. The summed E-state index contributed by atoms with van der Waals surface area (Å²) >= 11 is 0. The molecule has 5 nitrogen and oxygen atoms in total. The van der Waals surface area contributed by atoms with Crippen LogP contribution in [-0.2, 0) is 12.8 Å². The van der Waals surface area contributed by atoms with Crippen molar-refractivity contribution in [1.82, 2.24) is 20.5 Å². The average Bonchev–Trinajstić information content (AvgIpc) is 2.53. The van der Waals surface area contributed by atoms with Crippen LogP contribution in [0.1, 0.15) is 29.9 Å². The first-order valence-corrected chi connectivity index (χ1v) is 6.75. The number of aromatic nitrogens is 3. The molecule has 1 unspecified atom stereocenters. The highest BCUT2D eigenvalue weighted by Crippen LogP contribution is 2.16. The number of ether oxygens (including phenoxy) is 1. The molecule has 0 saturated heterocycles. The lowest BCUT2D eigenvalue weighted by Crippen LogP contribution is -2.21. The minimum atomic E-state index is 0.0911. The van der Waals surface area contributed by atoms with E-state index in [0.717, 1.165) is 24.2 Å². The maximum atomic E-state index is 5.02. The minimum Gasteiger partial charge on any atom is -0.480 e. The molecule has 0 aromatic carbocycles. The molecular weight excluding hydrogens is 252 g/mol. The van der Waals surface area contributed by atoms with E-state index >= 15 is 0 Å². The van der Waals surface area contributed by atoms with Crippen LogP contribution in [0.2, 0.25) is 0 Å². The van der Waals surface area contributed by atoms with Gasteiger partial charge < -0.3 is 10.1 Å². The lowest BCUT2D eigenvalue weighted by atomic mass is 10.1. The first-order valence-electron chi connectivity index (χ1n) is 6.75. The van der Waals surface area contributed by atoms with Crippen molar-refractivity contribution in [2.75, 3.05) is 14.2 Å². The van der Waals surface area contributed by atoms with Crippen LogP contribution in [-0.4, -0.2) is 29.3 Å². The molecule has 2 heterocycles. The number of nitrogens with one attached hydrogen (secondary N) is 1. The van der Waals surface area contributed by atoms with E-state index in [-0.39, 0.29) is 6.04 Å². The normalized spacial score (nSPS) is 12.2. The predicted octanol–water partition coefficient (Wildman–Crippen LogP) is 1.95. The molecule has 0 saturated carbocycles. The molecule has 106 valence electrons. The Bertz CT molecular complexity index is 525. The van der Waals surface area contributed by atoms with Crippen molar-refractivity contribution in [2.45, 2.75) is 25.8 Å². The standard InChI is InChI=1S/C15H20N4O/c1-4-11-5-6-12(17-10-11)9-14(16-2)13-7-8-15(20-3)19-18-13/h5-8,10,14,16H,4,9H2,1-3H3. The third-order valence-corrected chi connectivity index (χ3v) is 3.28. The molecule has 0 bridgehead atoms. The second-order valence-electron chi connectivity index (χ2n) is 4.56. The Morgan fingerprint density at radius 1 is 1.20 bits per heavy atom. The smallest absolute Gasteiger partial charge is 0.233 e. The number of hydrogen-bond donors (Lipinski definition) is 1. The fourth-order valence-corrected chi connectivity index (χ4v) is 1.97. The van der Waals surface area contributed by atoms with Crippen LogP contribution in [0.15, 0.2) is 30.5 Å². The van der Waals surface area contributed by atoms with Gasteiger partial charge in [0.25, 0.3) is 0 Å². The lowest BCUT2D eigenvalue weighted by Gasteiger charge is -2.15. The maximum absolute atomic E-state index is 5.02. The number of aryl methyl sites for hydroxylation is 1. The molecule has 0 spiro atoms. The van der Waals surface area contributed by atoms with Crippen LogP contribution in [0.5, 0.6) is 5.88 Å². The van der Waals surface area contributed by atoms with Gasteiger partial charge >= 0.3 is 0 Å². The van der Waals surface area contributed by atoms with E-state index in [4.69, 9.17) is 4.74 Å². The van der Waals surface area contributed by atoms with Gasteiger partial charge in [0.2, 0.25) is 5.88 Å². The Hall–Kier alpha value is -2.01. The molecule has 5 heteroatoms. The fourth-order valence-electron chi connectivity index (χ4n) is 1.97. The van der Waals surface area contributed by atoms with Gasteiger partial charge in [-0.1, -0.05) is 13.0 Å². The molecule has 0 aliphatic rings. The number of pyridine rings is 1. The number of nitrogens with zero attached hydrogens (tertiary/aromatic N) is 3. The van der Waals surface area contributed by atoms with Crippen LogP contribution in [0.25, 0.3) is 0 Å². The number of methoxy groups -OCH3 is 1. The summed E-state index contributed by atoms with van der Waals surface area (Å²) in [6, 6.07) is 8.02. The Morgan fingerprint density at radius 3 is 2.55 bits per heavy atom. The Labute approximate surface area is 119 Å². The number of hydrogen-bond acceptors (Lipinski definition) is 5. The average molecular weight is 272 g/mol. The quantitative estimate of drug-likeness (QED) is 0.871. The molecule has 0 aliphatic carbocycles. The van der Waals surface area contributed by atoms with Gasteiger partial charge in [-0.2, -0.15) is 5.10 Å². The highest BCUT2D eigenvalue weighted by molar-refractivity contribution is 5.18.